The monoisotopic (exact) mass is 466 g/mol. The van der Waals surface area contributed by atoms with Gasteiger partial charge >= 0.3 is 0 Å². The van der Waals surface area contributed by atoms with Gasteiger partial charge in [0.05, 0.1) is 25.4 Å². The summed E-state index contributed by atoms with van der Waals surface area (Å²) in [7, 11) is 0. The van der Waals surface area contributed by atoms with Crippen LogP contribution in [-0.2, 0) is 9.47 Å². The highest BCUT2D eigenvalue weighted by Crippen LogP contribution is 2.22. The normalized spacial score (nSPS) is 31.4. The van der Waals surface area contributed by atoms with Crippen molar-refractivity contribution < 1.29 is 41.9 Å². The van der Waals surface area contributed by atoms with Gasteiger partial charge < -0.3 is 40.7 Å². The SMILES string of the molecule is [2H]C([2H])([2H])C([2H])([2H])CCCCCCCCCCC/C=C/[C@@H](O)[C@@H](N)COC1OC(CO)C(O)C(O)C1O. The second-order valence-corrected chi connectivity index (χ2v) is 8.51. The molecule has 1 aliphatic heterocycles. The summed E-state index contributed by atoms with van der Waals surface area (Å²) in [5.41, 5.74) is 5.92. The predicted molar refractivity (Wildman–Crippen MR) is 124 cm³/mol. The first-order chi connectivity index (χ1) is 17.3. The Morgan fingerprint density at radius 2 is 1.56 bits per heavy atom. The van der Waals surface area contributed by atoms with E-state index >= 15 is 0 Å². The summed E-state index contributed by atoms with van der Waals surface area (Å²) in [4.78, 5) is 0. The lowest BCUT2D eigenvalue weighted by molar-refractivity contribution is -0.302. The van der Waals surface area contributed by atoms with Crippen LogP contribution >= 0.6 is 0 Å². The number of rotatable bonds is 18. The molecule has 0 radical (unpaired) electrons. The largest absolute Gasteiger partial charge is 0.394 e. The maximum absolute atomic E-state index is 10.2. The van der Waals surface area contributed by atoms with Crippen LogP contribution in [0.4, 0.5) is 0 Å². The molecule has 32 heavy (non-hydrogen) atoms. The summed E-state index contributed by atoms with van der Waals surface area (Å²) in [6.45, 7) is -3.28. The van der Waals surface area contributed by atoms with E-state index in [9.17, 15) is 25.5 Å². The van der Waals surface area contributed by atoms with Crippen LogP contribution in [0.15, 0.2) is 12.2 Å². The van der Waals surface area contributed by atoms with Gasteiger partial charge in [0.1, 0.15) is 24.4 Å². The maximum atomic E-state index is 10.2. The maximum Gasteiger partial charge on any atom is 0.186 e. The molecule has 1 saturated heterocycles. The number of aliphatic hydroxyl groups excluding tert-OH is 5. The Bertz CT molecular complexity index is 639. The average molecular weight is 467 g/mol. The van der Waals surface area contributed by atoms with E-state index in [0.717, 1.165) is 57.8 Å². The molecule has 1 rings (SSSR count). The fraction of sp³-hybridized carbons (Fsp3) is 0.917. The van der Waals surface area contributed by atoms with E-state index in [-0.39, 0.29) is 13.0 Å². The molecule has 0 saturated carbocycles. The van der Waals surface area contributed by atoms with E-state index < -0.39 is 62.7 Å². The van der Waals surface area contributed by atoms with E-state index in [2.05, 4.69) is 0 Å². The number of hydrogen-bond donors (Lipinski definition) is 6. The summed E-state index contributed by atoms with van der Waals surface area (Å²) in [6.07, 6.45) is 3.20. The van der Waals surface area contributed by atoms with Gasteiger partial charge in [-0.25, -0.2) is 0 Å². The number of allylic oxidation sites excluding steroid dienone is 1. The lowest BCUT2D eigenvalue weighted by Crippen LogP contribution is -2.59. The smallest absolute Gasteiger partial charge is 0.186 e. The van der Waals surface area contributed by atoms with Crippen molar-refractivity contribution in [3.05, 3.63) is 12.2 Å². The van der Waals surface area contributed by atoms with Crippen molar-refractivity contribution in [3.8, 4) is 0 Å². The Morgan fingerprint density at radius 1 is 0.969 bits per heavy atom. The molecule has 1 aliphatic rings. The van der Waals surface area contributed by atoms with Crippen LogP contribution in [-0.4, -0.2) is 81.6 Å². The minimum Gasteiger partial charge on any atom is -0.394 e. The zero-order valence-corrected chi connectivity index (χ0v) is 19.0. The summed E-state index contributed by atoms with van der Waals surface area (Å²) < 4.78 is 47.4. The third-order valence-corrected chi connectivity index (χ3v) is 5.75. The molecule has 1 heterocycles. The summed E-state index contributed by atoms with van der Waals surface area (Å²) in [6, 6.07) is -0.796. The lowest BCUT2D eigenvalue weighted by atomic mass is 9.99. The van der Waals surface area contributed by atoms with Gasteiger partial charge in [-0.05, 0) is 12.8 Å². The van der Waals surface area contributed by atoms with Crippen LogP contribution in [0.3, 0.4) is 0 Å². The Labute approximate surface area is 200 Å². The van der Waals surface area contributed by atoms with Crippen LogP contribution in [0.5, 0.6) is 0 Å². The van der Waals surface area contributed by atoms with E-state index in [4.69, 9.17) is 22.1 Å². The van der Waals surface area contributed by atoms with Gasteiger partial charge in [0.25, 0.3) is 0 Å². The van der Waals surface area contributed by atoms with E-state index in [0.29, 0.717) is 6.42 Å². The van der Waals surface area contributed by atoms with Crippen molar-refractivity contribution in [2.24, 2.45) is 5.73 Å². The van der Waals surface area contributed by atoms with Crippen molar-refractivity contribution >= 4 is 0 Å². The molecular weight excluding hydrogens is 414 g/mol. The van der Waals surface area contributed by atoms with E-state index in [1.165, 1.54) is 0 Å². The van der Waals surface area contributed by atoms with Gasteiger partial charge in [-0.2, -0.15) is 0 Å². The molecule has 0 amide bonds. The second kappa shape index (κ2) is 17.8. The molecule has 0 aliphatic carbocycles. The highest BCUT2D eigenvalue weighted by molar-refractivity contribution is 4.94. The topological polar surface area (TPSA) is 146 Å². The van der Waals surface area contributed by atoms with Crippen molar-refractivity contribution in [3.63, 3.8) is 0 Å². The van der Waals surface area contributed by atoms with Crippen LogP contribution in [0.1, 0.15) is 90.7 Å². The van der Waals surface area contributed by atoms with Crippen molar-refractivity contribution in [2.75, 3.05) is 13.2 Å². The van der Waals surface area contributed by atoms with Crippen molar-refractivity contribution in [1.82, 2.24) is 0 Å². The van der Waals surface area contributed by atoms with Crippen LogP contribution in [0.2, 0.25) is 0 Å². The first kappa shape index (κ1) is 21.9. The molecule has 1 fully saturated rings. The van der Waals surface area contributed by atoms with Crippen LogP contribution in [0, 0.1) is 0 Å². The molecule has 7 N–H and O–H groups in total. The highest BCUT2D eigenvalue weighted by atomic mass is 16.7. The van der Waals surface area contributed by atoms with E-state index in [1.54, 1.807) is 6.08 Å². The Morgan fingerprint density at radius 3 is 2.16 bits per heavy atom. The Hall–Kier alpha value is -0.580. The molecule has 7 atom stereocenters. The van der Waals surface area contributed by atoms with Crippen molar-refractivity contribution in [1.29, 1.82) is 0 Å². The Balaban J connectivity index is 2.07. The Kier molecular flexibility index (Phi) is 12.2. The minimum atomic E-state index is -2.56. The number of ether oxygens (including phenoxy) is 2. The lowest BCUT2D eigenvalue weighted by Gasteiger charge is -2.39. The average Bonchev–Trinajstić information content (AvgIpc) is 2.83. The number of hydrogen-bond acceptors (Lipinski definition) is 8. The van der Waals surface area contributed by atoms with Crippen molar-refractivity contribution in [2.45, 2.75) is 127 Å². The predicted octanol–water partition coefficient (Wildman–Crippen LogP) is 1.75. The number of aliphatic hydroxyl groups is 5. The molecule has 190 valence electrons. The van der Waals surface area contributed by atoms with Gasteiger partial charge in [0.15, 0.2) is 6.29 Å². The summed E-state index contributed by atoms with van der Waals surface area (Å²) in [5.74, 6) is 0. The fourth-order valence-electron chi connectivity index (χ4n) is 3.60. The van der Waals surface area contributed by atoms with Gasteiger partial charge in [0.2, 0.25) is 0 Å². The molecule has 0 aromatic carbocycles. The summed E-state index contributed by atoms with van der Waals surface area (Å²) in [5, 5.41) is 48.9. The fourth-order valence-corrected chi connectivity index (χ4v) is 3.60. The zero-order chi connectivity index (χ0) is 28.1. The molecule has 0 bridgehead atoms. The quantitative estimate of drug-likeness (QED) is 0.132. The highest BCUT2D eigenvalue weighted by Gasteiger charge is 2.44. The third-order valence-electron chi connectivity index (χ3n) is 5.75. The number of unbranched alkanes of at least 4 members (excludes halogenated alkanes) is 9. The standard InChI is InChI=1S/C24H47NO7/c1-2-3-4-5-6-7-8-9-10-11-12-13-14-15-19(27)18(25)17-31-24-23(30)22(29)21(28)20(16-26)32-24/h14-15,18-24,26-30H,2-13,16-17,25H2,1H3/b15-14+/t18-,19+,20?,21?,22?,23?,24?/m0/s1/i1D3,2D2. The molecule has 5 unspecified atom stereocenters. The summed E-state index contributed by atoms with van der Waals surface area (Å²) >= 11 is 0. The molecule has 0 spiro atoms. The molecule has 0 aromatic heterocycles. The minimum absolute atomic E-state index is 0.0713. The van der Waals surface area contributed by atoms with Gasteiger partial charge in [-0.15, -0.1) is 0 Å². The third kappa shape index (κ3) is 11.5. The molecule has 8 heteroatoms. The van der Waals surface area contributed by atoms with Gasteiger partial charge in [-0.1, -0.05) is 83.2 Å². The zero-order valence-electron chi connectivity index (χ0n) is 24.0. The molecule has 0 aromatic rings. The second-order valence-electron chi connectivity index (χ2n) is 8.51. The van der Waals surface area contributed by atoms with Gasteiger partial charge in [0, 0.05) is 6.85 Å². The molecule has 8 nitrogen and oxygen atoms in total. The molecular formula is C24H47NO7. The first-order valence-corrected chi connectivity index (χ1v) is 11.8. The van der Waals surface area contributed by atoms with Crippen LogP contribution < -0.4 is 5.73 Å². The number of nitrogens with two attached hydrogens (primary N) is 1. The van der Waals surface area contributed by atoms with Crippen LogP contribution in [0.25, 0.3) is 0 Å². The first-order valence-electron chi connectivity index (χ1n) is 14.3. The van der Waals surface area contributed by atoms with E-state index in [1.807, 2.05) is 6.08 Å². The van der Waals surface area contributed by atoms with Gasteiger partial charge in [-0.3, -0.25) is 0 Å².